The number of likely N-dealkylation sites (N-methyl/N-ethyl adjacent to an activating group) is 1. The normalized spacial score (nSPS) is 15.3. The van der Waals surface area contributed by atoms with Gasteiger partial charge in [0.2, 0.25) is 11.8 Å². The Bertz CT molecular complexity index is 597. The summed E-state index contributed by atoms with van der Waals surface area (Å²) in [6.45, 7) is 6.40. The first-order valence-electron chi connectivity index (χ1n) is 9.00. The van der Waals surface area contributed by atoms with E-state index in [1.54, 1.807) is 11.9 Å². The zero-order valence-electron chi connectivity index (χ0n) is 15.5. The summed E-state index contributed by atoms with van der Waals surface area (Å²) in [5.41, 5.74) is 8.12. The summed E-state index contributed by atoms with van der Waals surface area (Å²) in [6, 6.07) is 7.62. The van der Waals surface area contributed by atoms with Gasteiger partial charge < -0.3 is 20.9 Å². The van der Waals surface area contributed by atoms with E-state index in [1.807, 2.05) is 26.0 Å². The Hall–Kier alpha value is -2.08. The Labute approximate surface area is 150 Å². The van der Waals surface area contributed by atoms with Gasteiger partial charge in [0.05, 0.1) is 12.6 Å². The summed E-state index contributed by atoms with van der Waals surface area (Å²) in [7, 11) is 1.76. The molecule has 1 aromatic carbocycles. The molecule has 6 heteroatoms. The monoisotopic (exact) mass is 346 g/mol. The lowest BCUT2D eigenvalue weighted by atomic mass is 10.1. The van der Waals surface area contributed by atoms with Gasteiger partial charge in [-0.05, 0) is 30.4 Å². The second-order valence-corrected chi connectivity index (χ2v) is 7.06. The number of benzene rings is 1. The number of hydrogen-bond donors (Lipinski definition) is 2. The Morgan fingerprint density at radius 1 is 1.24 bits per heavy atom. The molecule has 1 saturated heterocycles. The van der Waals surface area contributed by atoms with Crippen LogP contribution in [0.25, 0.3) is 0 Å². The molecule has 0 bridgehead atoms. The molecule has 0 unspecified atom stereocenters. The van der Waals surface area contributed by atoms with E-state index in [-0.39, 0.29) is 24.3 Å². The van der Waals surface area contributed by atoms with E-state index in [2.05, 4.69) is 22.3 Å². The van der Waals surface area contributed by atoms with Crippen LogP contribution in [0.3, 0.4) is 0 Å². The molecule has 1 heterocycles. The van der Waals surface area contributed by atoms with Gasteiger partial charge in [0, 0.05) is 32.4 Å². The predicted molar refractivity (Wildman–Crippen MR) is 100 cm³/mol. The number of carbonyl (C=O) groups excluding carboxylic acids is 2. The summed E-state index contributed by atoms with van der Waals surface area (Å²) in [5, 5.41) is 2.63. The highest BCUT2D eigenvalue weighted by Crippen LogP contribution is 2.25. The predicted octanol–water partition coefficient (Wildman–Crippen LogP) is 1.34. The van der Waals surface area contributed by atoms with Crippen molar-refractivity contribution in [2.45, 2.75) is 39.3 Å². The molecule has 2 amide bonds. The molecule has 6 nitrogen and oxygen atoms in total. The maximum atomic E-state index is 12.3. The van der Waals surface area contributed by atoms with E-state index in [9.17, 15) is 9.59 Å². The largest absolute Gasteiger partial charge is 0.371 e. The smallest absolute Gasteiger partial charge is 0.242 e. The molecule has 1 fully saturated rings. The van der Waals surface area contributed by atoms with Crippen LogP contribution in [0.2, 0.25) is 0 Å². The van der Waals surface area contributed by atoms with Gasteiger partial charge >= 0.3 is 0 Å². The molecule has 25 heavy (non-hydrogen) atoms. The lowest BCUT2D eigenvalue weighted by Gasteiger charge is -2.25. The fraction of sp³-hybridized carbons (Fsp3) is 0.579. The number of amides is 2. The van der Waals surface area contributed by atoms with Crippen molar-refractivity contribution in [1.82, 2.24) is 10.2 Å². The molecule has 0 saturated carbocycles. The van der Waals surface area contributed by atoms with Crippen LogP contribution < -0.4 is 16.0 Å². The van der Waals surface area contributed by atoms with E-state index >= 15 is 0 Å². The highest BCUT2D eigenvalue weighted by atomic mass is 16.2. The van der Waals surface area contributed by atoms with E-state index < -0.39 is 6.04 Å². The van der Waals surface area contributed by atoms with Gasteiger partial charge in [-0.3, -0.25) is 9.59 Å². The van der Waals surface area contributed by atoms with Crippen molar-refractivity contribution in [2.24, 2.45) is 11.7 Å². The maximum absolute atomic E-state index is 12.3. The van der Waals surface area contributed by atoms with Crippen molar-refractivity contribution >= 4 is 17.5 Å². The van der Waals surface area contributed by atoms with Crippen molar-refractivity contribution in [2.75, 3.05) is 31.6 Å². The minimum atomic E-state index is -0.589. The molecule has 3 N–H and O–H groups in total. The number of nitrogens with one attached hydrogen (secondary N) is 1. The molecule has 0 spiro atoms. The topological polar surface area (TPSA) is 78.7 Å². The molecular weight excluding hydrogens is 316 g/mol. The fourth-order valence-corrected chi connectivity index (χ4v) is 2.97. The summed E-state index contributed by atoms with van der Waals surface area (Å²) >= 11 is 0. The first kappa shape index (κ1) is 19.2. The summed E-state index contributed by atoms with van der Waals surface area (Å²) in [4.78, 5) is 28.2. The van der Waals surface area contributed by atoms with Gasteiger partial charge in [0.1, 0.15) is 0 Å². The minimum Gasteiger partial charge on any atom is -0.371 e. The van der Waals surface area contributed by atoms with Crippen molar-refractivity contribution in [3.63, 3.8) is 0 Å². The van der Waals surface area contributed by atoms with Gasteiger partial charge in [-0.2, -0.15) is 0 Å². The van der Waals surface area contributed by atoms with Gasteiger partial charge in [-0.25, -0.2) is 0 Å². The Kier molecular flexibility index (Phi) is 6.82. The molecule has 2 rings (SSSR count). The van der Waals surface area contributed by atoms with E-state index in [0.717, 1.165) is 18.7 Å². The zero-order valence-corrected chi connectivity index (χ0v) is 15.5. The van der Waals surface area contributed by atoms with Crippen LogP contribution in [0, 0.1) is 5.92 Å². The average molecular weight is 346 g/mol. The number of nitrogens with zero attached hydrogens (tertiary/aromatic N) is 2. The SMILES string of the molecule is CC(C)[C@H](N)C(=O)NCC(=O)N(C)Cc1ccccc1N1CCCC1. The lowest BCUT2D eigenvalue weighted by Crippen LogP contribution is -2.47. The van der Waals surface area contributed by atoms with Gasteiger partial charge in [-0.15, -0.1) is 0 Å². The van der Waals surface area contributed by atoms with Crippen LogP contribution in [0.4, 0.5) is 5.69 Å². The molecule has 1 atom stereocenters. The number of carbonyl (C=O) groups is 2. The minimum absolute atomic E-state index is 0.0262. The molecular formula is C19H30N4O2. The quantitative estimate of drug-likeness (QED) is 0.781. The second kappa shape index (κ2) is 8.85. The van der Waals surface area contributed by atoms with E-state index in [1.165, 1.54) is 18.5 Å². The van der Waals surface area contributed by atoms with Crippen LogP contribution in [-0.2, 0) is 16.1 Å². The molecule has 0 aliphatic carbocycles. The fourth-order valence-electron chi connectivity index (χ4n) is 2.97. The van der Waals surface area contributed by atoms with Crippen molar-refractivity contribution in [1.29, 1.82) is 0 Å². The number of para-hydroxylation sites is 1. The van der Waals surface area contributed by atoms with Gasteiger partial charge in [-0.1, -0.05) is 32.0 Å². The van der Waals surface area contributed by atoms with Crippen molar-refractivity contribution in [3.05, 3.63) is 29.8 Å². The maximum Gasteiger partial charge on any atom is 0.242 e. The van der Waals surface area contributed by atoms with Crippen LogP contribution in [0.15, 0.2) is 24.3 Å². The van der Waals surface area contributed by atoms with E-state index in [0.29, 0.717) is 6.54 Å². The molecule has 138 valence electrons. The Balaban J connectivity index is 1.92. The third-order valence-corrected chi connectivity index (χ3v) is 4.71. The highest BCUT2D eigenvalue weighted by molar-refractivity contribution is 5.87. The molecule has 0 radical (unpaired) electrons. The zero-order chi connectivity index (χ0) is 18.4. The molecule has 1 aromatic rings. The molecule has 1 aliphatic rings. The van der Waals surface area contributed by atoms with E-state index in [4.69, 9.17) is 5.73 Å². The van der Waals surface area contributed by atoms with Crippen LogP contribution in [0.1, 0.15) is 32.3 Å². The summed E-state index contributed by atoms with van der Waals surface area (Å²) < 4.78 is 0. The van der Waals surface area contributed by atoms with Crippen LogP contribution in [-0.4, -0.2) is 49.4 Å². The number of anilines is 1. The third-order valence-electron chi connectivity index (χ3n) is 4.71. The number of rotatable bonds is 7. The van der Waals surface area contributed by atoms with Crippen LogP contribution in [0.5, 0.6) is 0 Å². The summed E-state index contributed by atoms with van der Waals surface area (Å²) in [5.74, 6) is -0.366. The number of hydrogen-bond acceptors (Lipinski definition) is 4. The van der Waals surface area contributed by atoms with Gasteiger partial charge in [0.25, 0.3) is 0 Å². The van der Waals surface area contributed by atoms with Crippen molar-refractivity contribution in [3.8, 4) is 0 Å². The molecule has 0 aromatic heterocycles. The average Bonchev–Trinajstić information content (AvgIpc) is 3.13. The van der Waals surface area contributed by atoms with Gasteiger partial charge in [0.15, 0.2) is 0 Å². The van der Waals surface area contributed by atoms with Crippen molar-refractivity contribution < 1.29 is 9.59 Å². The lowest BCUT2D eigenvalue weighted by molar-refractivity contribution is -0.132. The third kappa shape index (κ3) is 5.19. The summed E-state index contributed by atoms with van der Waals surface area (Å²) in [6.07, 6.45) is 2.43. The second-order valence-electron chi connectivity index (χ2n) is 7.06. The first-order chi connectivity index (χ1) is 11.9. The standard InChI is InChI=1S/C19H30N4O2/c1-14(2)18(20)19(25)21-12-17(24)22(3)13-15-8-4-5-9-16(15)23-10-6-7-11-23/h4-5,8-9,14,18H,6-7,10-13,20H2,1-3H3,(H,21,25)/t18-/m0/s1. The highest BCUT2D eigenvalue weighted by Gasteiger charge is 2.20. The first-order valence-corrected chi connectivity index (χ1v) is 9.00. The molecule has 1 aliphatic heterocycles. The van der Waals surface area contributed by atoms with Crippen LogP contribution >= 0.6 is 0 Å². The Morgan fingerprint density at radius 2 is 1.88 bits per heavy atom. The Morgan fingerprint density at radius 3 is 2.52 bits per heavy atom. The number of nitrogens with two attached hydrogens (primary N) is 1.